The molecule has 0 bridgehead atoms. The molecule has 0 saturated carbocycles. The van der Waals surface area contributed by atoms with Crippen LogP contribution in [-0.2, 0) is 4.74 Å². The lowest BCUT2D eigenvalue weighted by Crippen LogP contribution is -2.50. The second kappa shape index (κ2) is 4.09. The number of nitrogens with zero attached hydrogens (tertiary/aromatic N) is 2. The Bertz CT molecular complexity index is 610. The van der Waals surface area contributed by atoms with E-state index in [0.29, 0.717) is 13.2 Å². The Morgan fingerprint density at radius 2 is 2.33 bits per heavy atom. The molecule has 0 aliphatic carbocycles. The Kier molecular flexibility index (Phi) is 2.54. The highest BCUT2D eigenvalue weighted by molar-refractivity contribution is 5.73. The minimum atomic E-state index is -0.484. The normalized spacial score (nSPS) is 19.1. The highest BCUT2D eigenvalue weighted by Crippen LogP contribution is 2.40. The van der Waals surface area contributed by atoms with E-state index in [9.17, 15) is 5.26 Å². The van der Waals surface area contributed by atoms with E-state index in [1.807, 2.05) is 25.2 Å². The maximum absolute atomic E-state index is 9.37. The maximum atomic E-state index is 9.37. The minimum Gasteiger partial charge on any atom is -0.443 e. The predicted molar refractivity (Wildman–Crippen MR) is 64.7 cm³/mol. The number of nitriles is 1. The summed E-state index contributed by atoms with van der Waals surface area (Å²) < 4.78 is 10.5. The molecule has 92 valence electrons. The molecule has 0 spiro atoms. The molecule has 1 aliphatic rings. The molecule has 18 heavy (non-hydrogen) atoms. The van der Waals surface area contributed by atoms with E-state index in [4.69, 9.17) is 9.15 Å². The summed E-state index contributed by atoms with van der Waals surface area (Å²) in [6.07, 6.45) is 1.43. The van der Waals surface area contributed by atoms with Crippen LogP contribution in [0.1, 0.15) is 11.6 Å². The van der Waals surface area contributed by atoms with Crippen molar-refractivity contribution in [1.82, 2.24) is 10.3 Å². The third kappa shape index (κ3) is 1.50. The van der Waals surface area contributed by atoms with E-state index < -0.39 is 5.41 Å². The van der Waals surface area contributed by atoms with Gasteiger partial charge in [-0.2, -0.15) is 5.26 Å². The van der Waals surface area contributed by atoms with Gasteiger partial charge < -0.3 is 14.5 Å². The first-order valence-corrected chi connectivity index (χ1v) is 5.78. The fraction of sp³-hybridized carbons (Fsp3) is 0.385. The van der Waals surface area contributed by atoms with E-state index in [1.54, 1.807) is 0 Å². The van der Waals surface area contributed by atoms with Crippen molar-refractivity contribution in [2.75, 3.05) is 20.3 Å². The van der Waals surface area contributed by atoms with Gasteiger partial charge in [-0.3, -0.25) is 0 Å². The molecule has 1 fully saturated rings. The van der Waals surface area contributed by atoms with E-state index in [2.05, 4.69) is 16.4 Å². The maximum Gasteiger partial charge on any atom is 0.181 e. The summed E-state index contributed by atoms with van der Waals surface area (Å²) in [7, 11) is 1.85. The summed E-state index contributed by atoms with van der Waals surface area (Å²) in [6.45, 7) is 0.924. The van der Waals surface area contributed by atoms with Gasteiger partial charge in [0.2, 0.25) is 0 Å². The first-order chi connectivity index (χ1) is 8.79. The summed E-state index contributed by atoms with van der Waals surface area (Å²) in [6, 6.07) is 8.12. The van der Waals surface area contributed by atoms with Gasteiger partial charge >= 0.3 is 0 Å². The van der Waals surface area contributed by atoms with Crippen molar-refractivity contribution < 1.29 is 9.15 Å². The lowest BCUT2D eigenvalue weighted by molar-refractivity contribution is -0.0963. The third-order valence-corrected chi connectivity index (χ3v) is 3.47. The van der Waals surface area contributed by atoms with Crippen LogP contribution >= 0.6 is 0 Å². The van der Waals surface area contributed by atoms with Gasteiger partial charge in [0.1, 0.15) is 10.9 Å². The van der Waals surface area contributed by atoms with Crippen LogP contribution in [0.15, 0.2) is 29.0 Å². The monoisotopic (exact) mass is 243 g/mol. The molecular weight excluding hydrogens is 230 g/mol. The SMILES string of the molecule is CNC(c1ccc2ncoc2c1)C1(C#N)COC1. The molecular formula is C13H13N3O2. The number of benzene rings is 1. The summed E-state index contributed by atoms with van der Waals surface area (Å²) >= 11 is 0. The second-order valence-electron chi connectivity index (χ2n) is 4.56. The summed E-state index contributed by atoms with van der Waals surface area (Å²) in [5.74, 6) is 0. The van der Waals surface area contributed by atoms with Crippen molar-refractivity contribution in [3.05, 3.63) is 30.2 Å². The molecule has 1 aromatic heterocycles. The summed E-state index contributed by atoms with van der Waals surface area (Å²) in [4.78, 5) is 4.08. The number of hydrogen-bond donors (Lipinski definition) is 1. The molecule has 1 aromatic carbocycles. The van der Waals surface area contributed by atoms with Gasteiger partial charge in [-0.05, 0) is 24.7 Å². The quantitative estimate of drug-likeness (QED) is 0.887. The Labute approximate surface area is 104 Å². The van der Waals surface area contributed by atoms with Crippen molar-refractivity contribution in [1.29, 1.82) is 5.26 Å². The summed E-state index contributed by atoms with van der Waals surface area (Å²) in [5.41, 5.74) is 2.10. The molecule has 0 radical (unpaired) electrons. The Morgan fingerprint density at radius 3 is 2.94 bits per heavy atom. The molecule has 2 aromatic rings. The summed E-state index contributed by atoms with van der Waals surface area (Å²) in [5, 5.41) is 12.6. The molecule has 1 N–H and O–H groups in total. The molecule has 0 amide bonds. The van der Waals surface area contributed by atoms with Crippen LogP contribution in [0.3, 0.4) is 0 Å². The predicted octanol–water partition coefficient (Wildman–Crippen LogP) is 1.63. The second-order valence-corrected chi connectivity index (χ2v) is 4.56. The Morgan fingerprint density at radius 1 is 1.50 bits per heavy atom. The van der Waals surface area contributed by atoms with Gasteiger partial charge in [0.15, 0.2) is 12.0 Å². The first kappa shape index (κ1) is 11.2. The van der Waals surface area contributed by atoms with Gasteiger partial charge in [-0.15, -0.1) is 0 Å². The highest BCUT2D eigenvalue weighted by atomic mass is 16.5. The highest BCUT2D eigenvalue weighted by Gasteiger charge is 2.46. The Hall–Kier alpha value is -1.90. The van der Waals surface area contributed by atoms with E-state index >= 15 is 0 Å². The lowest BCUT2D eigenvalue weighted by atomic mass is 9.76. The van der Waals surface area contributed by atoms with Crippen molar-refractivity contribution >= 4 is 11.1 Å². The number of aromatic nitrogens is 1. The molecule has 5 nitrogen and oxygen atoms in total. The molecule has 2 heterocycles. The third-order valence-electron chi connectivity index (χ3n) is 3.47. The van der Waals surface area contributed by atoms with Crippen molar-refractivity contribution in [3.8, 4) is 6.07 Å². The largest absolute Gasteiger partial charge is 0.443 e. The van der Waals surface area contributed by atoms with Crippen LogP contribution in [0.5, 0.6) is 0 Å². The van der Waals surface area contributed by atoms with E-state index in [1.165, 1.54) is 6.39 Å². The van der Waals surface area contributed by atoms with E-state index in [0.717, 1.165) is 16.7 Å². The van der Waals surface area contributed by atoms with Crippen LogP contribution in [-0.4, -0.2) is 25.2 Å². The average Bonchev–Trinajstić information content (AvgIpc) is 2.80. The lowest BCUT2D eigenvalue weighted by Gasteiger charge is -2.41. The minimum absolute atomic E-state index is 0.0641. The van der Waals surface area contributed by atoms with Crippen molar-refractivity contribution in [2.45, 2.75) is 6.04 Å². The topological polar surface area (TPSA) is 71.1 Å². The molecule has 1 aliphatic heterocycles. The number of oxazole rings is 1. The molecule has 1 unspecified atom stereocenters. The number of hydrogen-bond acceptors (Lipinski definition) is 5. The van der Waals surface area contributed by atoms with Gasteiger partial charge in [-0.25, -0.2) is 4.98 Å². The smallest absolute Gasteiger partial charge is 0.181 e. The zero-order chi connectivity index (χ0) is 12.6. The van der Waals surface area contributed by atoms with Gasteiger partial charge in [0, 0.05) is 0 Å². The zero-order valence-corrected chi connectivity index (χ0v) is 10.0. The van der Waals surface area contributed by atoms with Crippen LogP contribution in [0.4, 0.5) is 0 Å². The average molecular weight is 243 g/mol. The van der Waals surface area contributed by atoms with Gasteiger partial charge in [-0.1, -0.05) is 6.07 Å². The molecule has 1 saturated heterocycles. The molecule has 3 rings (SSSR count). The van der Waals surface area contributed by atoms with Crippen LogP contribution in [0, 0.1) is 16.7 Å². The van der Waals surface area contributed by atoms with Crippen LogP contribution in [0.25, 0.3) is 11.1 Å². The van der Waals surface area contributed by atoms with Crippen molar-refractivity contribution in [3.63, 3.8) is 0 Å². The van der Waals surface area contributed by atoms with Gasteiger partial charge in [0.05, 0.1) is 25.3 Å². The Balaban J connectivity index is 2.03. The molecule has 1 atom stereocenters. The zero-order valence-electron chi connectivity index (χ0n) is 10.0. The van der Waals surface area contributed by atoms with E-state index in [-0.39, 0.29) is 6.04 Å². The van der Waals surface area contributed by atoms with Crippen LogP contribution < -0.4 is 5.32 Å². The fourth-order valence-electron chi connectivity index (χ4n) is 2.43. The standard InChI is InChI=1S/C13H13N3O2/c1-15-12(13(5-14)6-17-7-13)9-2-3-10-11(4-9)18-8-16-10/h2-4,8,12,15H,6-7H2,1H3. The number of rotatable bonds is 3. The molecule has 5 heteroatoms. The van der Waals surface area contributed by atoms with Crippen molar-refractivity contribution in [2.24, 2.45) is 5.41 Å². The first-order valence-electron chi connectivity index (χ1n) is 5.78. The van der Waals surface area contributed by atoms with Crippen LogP contribution in [0.2, 0.25) is 0 Å². The number of nitrogens with one attached hydrogen (secondary N) is 1. The number of ether oxygens (including phenoxy) is 1. The van der Waals surface area contributed by atoms with Gasteiger partial charge in [0.25, 0.3) is 0 Å². The number of fused-ring (bicyclic) bond motifs is 1. The fourth-order valence-corrected chi connectivity index (χ4v) is 2.43.